The molecule has 4 nitrogen and oxygen atoms in total. The van der Waals surface area contributed by atoms with Crippen molar-refractivity contribution < 1.29 is 4.79 Å². The van der Waals surface area contributed by atoms with Gasteiger partial charge in [0.2, 0.25) is 5.91 Å². The molecule has 0 aliphatic heterocycles. The van der Waals surface area contributed by atoms with Gasteiger partial charge in [0, 0.05) is 24.0 Å². The molecule has 5 heteroatoms. The van der Waals surface area contributed by atoms with Crippen LogP contribution < -0.4 is 5.32 Å². The normalized spacial score (nSPS) is 10.3. The van der Waals surface area contributed by atoms with Crippen molar-refractivity contribution in [2.75, 3.05) is 6.54 Å². The zero-order valence-corrected chi connectivity index (χ0v) is 10.6. The molecular weight excluding hydrogens is 250 g/mol. The van der Waals surface area contributed by atoms with E-state index in [1.807, 2.05) is 30.5 Å². The molecule has 0 atom stereocenters. The summed E-state index contributed by atoms with van der Waals surface area (Å²) in [5, 5.41) is 7.52. The topological polar surface area (TPSA) is 46.9 Å². The number of carbonyl (C=O) groups excluding carboxylic acids is 1. The van der Waals surface area contributed by atoms with Crippen LogP contribution in [0.3, 0.4) is 0 Å². The Bertz CT molecular complexity index is 511. The number of amides is 1. The summed E-state index contributed by atoms with van der Waals surface area (Å²) >= 11 is 5.99. The van der Waals surface area contributed by atoms with E-state index in [1.54, 1.807) is 16.9 Å². The van der Waals surface area contributed by atoms with Crippen molar-refractivity contribution in [3.05, 3.63) is 53.3 Å². The number of nitrogens with zero attached hydrogens (tertiary/aromatic N) is 2. The third kappa shape index (κ3) is 3.60. The fourth-order valence-electron chi connectivity index (χ4n) is 1.62. The standard InChI is InChI=1S/C13H14ClN3O/c14-12-5-2-1-4-11(12)10-13(18)15-7-9-17-8-3-6-16-17/h1-6,8H,7,9-10H2,(H,15,18). The van der Waals surface area contributed by atoms with E-state index in [4.69, 9.17) is 11.6 Å². The summed E-state index contributed by atoms with van der Waals surface area (Å²) in [4.78, 5) is 11.7. The van der Waals surface area contributed by atoms with Crippen LogP contribution in [0.15, 0.2) is 42.7 Å². The molecule has 1 aromatic carbocycles. The van der Waals surface area contributed by atoms with Gasteiger partial charge in [0.25, 0.3) is 0 Å². The largest absolute Gasteiger partial charge is 0.354 e. The van der Waals surface area contributed by atoms with Crippen molar-refractivity contribution in [1.29, 1.82) is 0 Å². The zero-order valence-electron chi connectivity index (χ0n) is 9.84. The average molecular weight is 264 g/mol. The number of halogens is 1. The summed E-state index contributed by atoms with van der Waals surface area (Å²) in [5.74, 6) is -0.0322. The van der Waals surface area contributed by atoms with E-state index in [9.17, 15) is 4.79 Å². The summed E-state index contributed by atoms with van der Waals surface area (Å²) in [6, 6.07) is 9.22. The number of hydrogen-bond donors (Lipinski definition) is 1. The van der Waals surface area contributed by atoms with Gasteiger partial charge in [-0.2, -0.15) is 5.10 Å². The van der Waals surface area contributed by atoms with E-state index >= 15 is 0 Å². The second kappa shape index (κ2) is 6.21. The SMILES string of the molecule is O=C(Cc1ccccc1Cl)NCCn1cccn1. The quantitative estimate of drug-likeness (QED) is 0.896. The van der Waals surface area contributed by atoms with Crippen LogP contribution in [-0.4, -0.2) is 22.2 Å². The molecular formula is C13H14ClN3O. The summed E-state index contributed by atoms with van der Waals surface area (Å²) in [6.07, 6.45) is 3.88. The molecule has 0 fully saturated rings. The summed E-state index contributed by atoms with van der Waals surface area (Å²) in [5.41, 5.74) is 0.843. The second-order valence-electron chi connectivity index (χ2n) is 3.89. The Kier molecular flexibility index (Phi) is 4.36. The predicted octanol–water partition coefficient (Wildman–Crippen LogP) is 1.90. The molecule has 0 bridgehead atoms. The van der Waals surface area contributed by atoms with Gasteiger partial charge in [-0.3, -0.25) is 9.48 Å². The van der Waals surface area contributed by atoms with Crippen LogP contribution in [-0.2, 0) is 17.8 Å². The third-order valence-electron chi connectivity index (χ3n) is 2.53. The number of rotatable bonds is 5. The van der Waals surface area contributed by atoms with Gasteiger partial charge in [-0.05, 0) is 17.7 Å². The van der Waals surface area contributed by atoms with E-state index in [0.717, 1.165) is 5.56 Å². The molecule has 0 unspecified atom stereocenters. The molecule has 1 aromatic heterocycles. The summed E-state index contributed by atoms with van der Waals surface area (Å²) < 4.78 is 1.77. The fourth-order valence-corrected chi connectivity index (χ4v) is 1.82. The lowest BCUT2D eigenvalue weighted by Gasteiger charge is -2.06. The van der Waals surface area contributed by atoms with E-state index in [2.05, 4.69) is 10.4 Å². The molecule has 1 N–H and O–H groups in total. The van der Waals surface area contributed by atoms with Crippen LogP contribution in [0.25, 0.3) is 0 Å². The minimum absolute atomic E-state index is 0.0322. The van der Waals surface area contributed by atoms with Crippen molar-refractivity contribution in [3.8, 4) is 0 Å². The van der Waals surface area contributed by atoms with E-state index in [1.165, 1.54) is 0 Å². The van der Waals surface area contributed by atoms with E-state index < -0.39 is 0 Å². The molecule has 2 rings (SSSR count). The molecule has 94 valence electrons. The molecule has 0 saturated heterocycles. The Balaban J connectivity index is 1.77. The summed E-state index contributed by atoms with van der Waals surface area (Å²) in [7, 11) is 0. The molecule has 0 saturated carbocycles. The molecule has 18 heavy (non-hydrogen) atoms. The van der Waals surface area contributed by atoms with Gasteiger partial charge < -0.3 is 5.32 Å². The maximum atomic E-state index is 11.7. The second-order valence-corrected chi connectivity index (χ2v) is 4.29. The molecule has 0 aliphatic rings. The maximum absolute atomic E-state index is 11.7. The van der Waals surface area contributed by atoms with Crippen LogP contribution in [0.5, 0.6) is 0 Å². The molecule has 0 aliphatic carbocycles. The highest BCUT2D eigenvalue weighted by molar-refractivity contribution is 6.31. The highest BCUT2D eigenvalue weighted by atomic mass is 35.5. The number of aromatic nitrogens is 2. The first-order valence-electron chi connectivity index (χ1n) is 5.73. The van der Waals surface area contributed by atoms with E-state index in [-0.39, 0.29) is 5.91 Å². The highest BCUT2D eigenvalue weighted by Crippen LogP contribution is 2.14. The third-order valence-corrected chi connectivity index (χ3v) is 2.90. The monoisotopic (exact) mass is 263 g/mol. The number of hydrogen-bond acceptors (Lipinski definition) is 2. The fraction of sp³-hybridized carbons (Fsp3) is 0.231. The number of benzene rings is 1. The lowest BCUT2D eigenvalue weighted by molar-refractivity contribution is -0.120. The minimum Gasteiger partial charge on any atom is -0.354 e. The van der Waals surface area contributed by atoms with Gasteiger partial charge in [-0.25, -0.2) is 0 Å². The Labute approximate surface area is 111 Å². The lowest BCUT2D eigenvalue weighted by atomic mass is 10.1. The van der Waals surface area contributed by atoms with Gasteiger partial charge in [0.1, 0.15) is 0 Å². The highest BCUT2D eigenvalue weighted by Gasteiger charge is 2.05. The Morgan fingerprint density at radius 3 is 2.89 bits per heavy atom. The zero-order chi connectivity index (χ0) is 12.8. The number of nitrogens with one attached hydrogen (secondary N) is 1. The smallest absolute Gasteiger partial charge is 0.224 e. The van der Waals surface area contributed by atoms with Gasteiger partial charge in [-0.15, -0.1) is 0 Å². The predicted molar refractivity (Wildman–Crippen MR) is 70.4 cm³/mol. The molecule has 1 amide bonds. The van der Waals surface area contributed by atoms with Crippen LogP contribution in [0.1, 0.15) is 5.56 Å². The Morgan fingerprint density at radius 2 is 2.17 bits per heavy atom. The van der Waals surface area contributed by atoms with Gasteiger partial charge >= 0.3 is 0 Å². The van der Waals surface area contributed by atoms with Crippen LogP contribution in [0.4, 0.5) is 0 Å². The van der Waals surface area contributed by atoms with Crippen LogP contribution >= 0.6 is 11.6 Å². The number of carbonyl (C=O) groups is 1. The molecule has 0 spiro atoms. The van der Waals surface area contributed by atoms with E-state index in [0.29, 0.717) is 24.5 Å². The van der Waals surface area contributed by atoms with Crippen molar-refractivity contribution in [2.45, 2.75) is 13.0 Å². The van der Waals surface area contributed by atoms with Gasteiger partial charge in [0.05, 0.1) is 13.0 Å². The maximum Gasteiger partial charge on any atom is 0.224 e. The van der Waals surface area contributed by atoms with Crippen molar-refractivity contribution in [2.24, 2.45) is 0 Å². The average Bonchev–Trinajstić information content (AvgIpc) is 2.85. The molecule has 0 radical (unpaired) electrons. The van der Waals surface area contributed by atoms with Crippen molar-refractivity contribution in [3.63, 3.8) is 0 Å². The summed E-state index contributed by atoms with van der Waals surface area (Å²) in [6.45, 7) is 1.23. The first kappa shape index (κ1) is 12.6. The Morgan fingerprint density at radius 1 is 1.33 bits per heavy atom. The first-order valence-corrected chi connectivity index (χ1v) is 6.11. The van der Waals surface area contributed by atoms with Gasteiger partial charge in [0.15, 0.2) is 0 Å². The van der Waals surface area contributed by atoms with Crippen molar-refractivity contribution >= 4 is 17.5 Å². The molecule has 2 aromatic rings. The van der Waals surface area contributed by atoms with Crippen molar-refractivity contribution in [1.82, 2.24) is 15.1 Å². The minimum atomic E-state index is -0.0322. The van der Waals surface area contributed by atoms with Gasteiger partial charge in [-0.1, -0.05) is 29.8 Å². The van der Waals surface area contributed by atoms with Crippen LogP contribution in [0, 0.1) is 0 Å². The van der Waals surface area contributed by atoms with Crippen LogP contribution in [0.2, 0.25) is 5.02 Å². The molecule has 1 heterocycles. The first-order chi connectivity index (χ1) is 8.75. The Hall–Kier alpha value is -1.81. The lowest BCUT2D eigenvalue weighted by Crippen LogP contribution is -2.28.